The number of nitrogens with one attached hydrogen (secondary N) is 1. The van der Waals surface area contributed by atoms with Gasteiger partial charge in [0.1, 0.15) is 15.7 Å². The van der Waals surface area contributed by atoms with Gasteiger partial charge in [-0.25, -0.2) is 12.8 Å². The Morgan fingerprint density at radius 3 is 2.65 bits per heavy atom. The number of halogens is 2. The van der Waals surface area contributed by atoms with Crippen LogP contribution < -0.4 is 11.3 Å². The fourth-order valence-corrected chi connectivity index (χ4v) is 2.69. The number of nitrogens with two attached hydrogens (primary N) is 1. The molecule has 0 bridgehead atoms. The van der Waals surface area contributed by atoms with Crippen LogP contribution in [0.1, 0.15) is 5.56 Å². The van der Waals surface area contributed by atoms with E-state index in [1.165, 1.54) is 12.1 Å². The second-order valence-corrected chi connectivity index (χ2v) is 6.45. The fraction of sp³-hybridized carbons (Fsp3) is 0.400. The number of hydrazine groups is 1. The molecule has 1 aromatic rings. The SMILES string of the molecule is CS(=O)(=O)CC(Cc1c(F)cccc1Cl)NN. The molecule has 0 saturated heterocycles. The van der Waals surface area contributed by atoms with Gasteiger partial charge in [-0.1, -0.05) is 17.7 Å². The van der Waals surface area contributed by atoms with Crippen molar-refractivity contribution in [3.8, 4) is 0 Å². The van der Waals surface area contributed by atoms with E-state index in [1.807, 2.05) is 0 Å². The van der Waals surface area contributed by atoms with Gasteiger partial charge in [0.15, 0.2) is 0 Å². The van der Waals surface area contributed by atoms with E-state index in [-0.39, 0.29) is 22.8 Å². The lowest BCUT2D eigenvalue weighted by Crippen LogP contribution is -2.41. The second-order valence-electron chi connectivity index (χ2n) is 3.86. The average Bonchev–Trinajstić information content (AvgIpc) is 2.20. The lowest BCUT2D eigenvalue weighted by Gasteiger charge is -2.16. The Bertz CT molecular complexity index is 473. The molecule has 1 aromatic carbocycles. The molecular weight excluding hydrogens is 267 g/mol. The van der Waals surface area contributed by atoms with E-state index >= 15 is 0 Å². The maximum Gasteiger partial charge on any atom is 0.149 e. The van der Waals surface area contributed by atoms with Gasteiger partial charge >= 0.3 is 0 Å². The van der Waals surface area contributed by atoms with E-state index in [4.69, 9.17) is 17.4 Å². The first-order valence-electron chi connectivity index (χ1n) is 4.90. The molecule has 0 aliphatic carbocycles. The van der Waals surface area contributed by atoms with E-state index in [2.05, 4.69) is 5.43 Å². The molecule has 0 spiro atoms. The molecule has 17 heavy (non-hydrogen) atoms. The zero-order chi connectivity index (χ0) is 13.1. The highest BCUT2D eigenvalue weighted by molar-refractivity contribution is 7.90. The Kier molecular flexibility index (Phi) is 4.88. The van der Waals surface area contributed by atoms with Crippen LogP contribution in [0, 0.1) is 5.82 Å². The molecular formula is C10H14ClFN2O2S. The molecule has 1 atom stereocenters. The first-order valence-corrected chi connectivity index (χ1v) is 7.34. The van der Waals surface area contributed by atoms with Crippen molar-refractivity contribution in [1.29, 1.82) is 0 Å². The molecule has 0 radical (unpaired) electrons. The maximum atomic E-state index is 13.5. The quantitative estimate of drug-likeness (QED) is 0.621. The van der Waals surface area contributed by atoms with Gasteiger partial charge in [-0.15, -0.1) is 0 Å². The Morgan fingerprint density at radius 2 is 2.18 bits per heavy atom. The third kappa shape index (κ3) is 4.59. The molecule has 96 valence electrons. The average molecular weight is 281 g/mol. The number of hydrogen-bond donors (Lipinski definition) is 2. The van der Waals surface area contributed by atoms with Crippen molar-refractivity contribution in [3.63, 3.8) is 0 Å². The van der Waals surface area contributed by atoms with Crippen LogP contribution in [0.25, 0.3) is 0 Å². The van der Waals surface area contributed by atoms with Crippen molar-refractivity contribution < 1.29 is 12.8 Å². The Labute approximate surface area is 105 Å². The standard InChI is InChI=1S/C10H14ClFN2O2S/c1-17(15,16)6-7(14-13)5-8-9(11)3-2-4-10(8)12/h2-4,7,14H,5-6,13H2,1H3. The van der Waals surface area contributed by atoms with E-state index in [0.29, 0.717) is 0 Å². The van der Waals surface area contributed by atoms with Crippen molar-refractivity contribution in [3.05, 3.63) is 34.6 Å². The van der Waals surface area contributed by atoms with Crippen LogP contribution in [-0.2, 0) is 16.3 Å². The highest BCUT2D eigenvalue weighted by Crippen LogP contribution is 2.20. The molecule has 1 rings (SSSR count). The van der Waals surface area contributed by atoms with Crippen LogP contribution >= 0.6 is 11.6 Å². The Morgan fingerprint density at radius 1 is 1.53 bits per heavy atom. The highest BCUT2D eigenvalue weighted by Gasteiger charge is 2.18. The predicted molar refractivity (Wildman–Crippen MR) is 65.9 cm³/mol. The predicted octanol–water partition coefficient (Wildman–Crippen LogP) is 0.898. The van der Waals surface area contributed by atoms with Crippen LogP contribution in [0.2, 0.25) is 5.02 Å². The zero-order valence-corrected chi connectivity index (χ0v) is 10.9. The van der Waals surface area contributed by atoms with Crippen molar-refractivity contribution in [2.24, 2.45) is 5.84 Å². The van der Waals surface area contributed by atoms with E-state index in [1.54, 1.807) is 6.07 Å². The van der Waals surface area contributed by atoms with Crippen molar-refractivity contribution in [2.45, 2.75) is 12.5 Å². The molecule has 4 nitrogen and oxygen atoms in total. The van der Waals surface area contributed by atoms with Crippen molar-refractivity contribution in [1.82, 2.24) is 5.43 Å². The summed E-state index contributed by atoms with van der Waals surface area (Å²) in [6.07, 6.45) is 1.22. The minimum Gasteiger partial charge on any atom is -0.271 e. The van der Waals surface area contributed by atoms with Gasteiger partial charge in [0, 0.05) is 22.9 Å². The summed E-state index contributed by atoms with van der Waals surface area (Å²) in [5, 5.41) is 0.263. The first kappa shape index (κ1) is 14.4. The Balaban J connectivity index is 2.88. The largest absolute Gasteiger partial charge is 0.271 e. The Hall–Kier alpha value is -0.690. The summed E-state index contributed by atoms with van der Waals surface area (Å²) in [5.74, 6) is 4.61. The highest BCUT2D eigenvalue weighted by atomic mass is 35.5. The molecule has 1 unspecified atom stereocenters. The molecule has 0 saturated carbocycles. The van der Waals surface area contributed by atoms with Crippen molar-refractivity contribution in [2.75, 3.05) is 12.0 Å². The third-order valence-electron chi connectivity index (χ3n) is 2.25. The van der Waals surface area contributed by atoms with Crippen LogP contribution in [-0.4, -0.2) is 26.5 Å². The summed E-state index contributed by atoms with van der Waals surface area (Å²) in [6, 6.07) is 3.74. The smallest absolute Gasteiger partial charge is 0.149 e. The molecule has 3 N–H and O–H groups in total. The zero-order valence-electron chi connectivity index (χ0n) is 9.28. The number of benzene rings is 1. The number of hydrogen-bond acceptors (Lipinski definition) is 4. The van der Waals surface area contributed by atoms with E-state index < -0.39 is 21.7 Å². The summed E-state index contributed by atoms with van der Waals surface area (Å²) in [5.41, 5.74) is 2.62. The summed E-state index contributed by atoms with van der Waals surface area (Å²) in [7, 11) is -3.19. The molecule has 0 heterocycles. The normalized spacial score (nSPS) is 13.6. The molecule has 7 heteroatoms. The summed E-state index contributed by atoms with van der Waals surface area (Å²) in [4.78, 5) is 0. The van der Waals surface area contributed by atoms with Gasteiger partial charge in [0.2, 0.25) is 0 Å². The number of sulfone groups is 1. The lowest BCUT2D eigenvalue weighted by atomic mass is 10.1. The lowest BCUT2D eigenvalue weighted by molar-refractivity contribution is 0.529. The van der Waals surface area contributed by atoms with Gasteiger partial charge in [-0.3, -0.25) is 11.3 Å². The monoisotopic (exact) mass is 280 g/mol. The summed E-state index contributed by atoms with van der Waals surface area (Å²) in [6.45, 7) is 0. The maximum absolute atomic E-state index is 13.5. The van der Waals surface area contributed by atoms with Crippen LogP contribution in [0.15, 0.2) is 18.2 Å². The van der Waals surface area contributed by atoms with E-state index in [0.717, 1.165) is 6.26 Å². The third-order valence-corrected chi connectivity index (χ3v) is 3.61. The first-order chi connectivity index (χ1) is 7.83. The molecule has 0 fully saturated rings. The summed E-state index contributed by atoms with van der Waals surface area (Å²) >= 11 is 5.84. The molecule has 0 aromatic heterocycles. The van der Waals surface area contributed by atoms with Gasteiger partial charge in [0.25, 0.3) is 0 Å². The molecule has 0 amide bonds. The van der Waals surface area contributed by atoms with Crippen LogP contribution in [0.3, 0.4) is 0 Å². The van der Waals surface area contributed by atoms with Crippen LogP contribution in [0.5, 0.6) is 0 Å². The van der Waals surface area contributed by atoms with Gasteiger partial charge in [-0.2, -0.15) is 0 Å². The van der Waals surface area contributed by atoms with Crippen LogP contribution in [0.4, 0.5) is 4.39 Å². The van der Waals surface area contributed by atoms with Gasteiger partial charge < -0.3 is 0 Å². The van der Waals surface area contributed by atoms with Gasteiger partial charge in [0.05, 0.1) is 5.75 Å². The van der Waals surface area contributed by atoms with Crippen molar-refractivity contribution >= 4 is 21.4 Å². The minimum absolute atomic E-state index is 0.120. The van der Waals surface area contributed by atoms with E-state index in [9.17, 15) is 12.8 Å². The number of rotatable bonds is 5. The second kappa shape index (κ2) is 5.77. The van der Waals surface area contributed by atoms with Gasteiger partial charge in [-0.05, 0) is 18.6 Å². The topological polar surface area (TPSA) is 72.2 Å². The fourth-order valence-electron chi connectivity index (χ4n) is 1.51. The summed E-state index contributed by atoms with van der Waals surface area (Å²) < 4.78 is 35.8. The molecule has 0 aliphatic heterocycles. The molecule has 0 aliphatic rings. The minimum atomic E-state index is -3.19.